The lowest BCUT2D eigenvalue weighted by molar-refractivity contribution is -0.117. The van der Waals surface area contributed by atoms with Gasteiger partial charge in [-0.1, -0.05) is 41.9 Å². The van der Waals surface area contributed by atoms with Crippen molar-refractivity contribution in [1.29, 1.82) is 5.41 Å². The van der Waals surface area contributed by atoms with Crippen molar-refractivity contribution >= 4 is 34.1 Å². The minimum atomic E-state index is -0.210. The number of rotatable bonds is 5. The van der Waals surface area contributed by atoms with Gasteiger partial charge in [0.2, 0.25) is 5.91 Å². The molecular weight excluding hydrogens is 346 g/mol. The monoisotopic (exact) mass is 363 g/mol. The van der Waals surface area contributed by atoms with Gasteiger partial charge in [0.15, 0.2) is 0 Å². The standard InChI is InChI=1S/C21H18ClN3O/c1-14(21(26)25-12-15-6-8-18(22)9-7-15)10-19(23)17-11-16-4-2-3-5-20(16)24-13-17/h2-11,13,23H,12H2,1H3,(H,25,26)/b14-10-,23-19?. The maximum absolute atomic E-state index is 12.2. The third-order valence-electron chi connectivity index (χ3n) is 3.99. The summed E-state index contributed by atoms with van der Waals surface area (Å²) in [5.74, 6) is -0.210. The number of amides is 1. The molecule has 1 aromatic heterocycles. The number of para-hydroxylation sites is 1. The third-order valence-corrected chi connectivity index (χ3v) is 4.24. The molecule has 0 spiro atoms. The van der Waals surface area contributed by atoms with Gasteiger partial charge in [-0.15, -0.1) is 0 Å². The fourth-order valence-electron chi connectivity index (χ4n) is 2.51. The highest BCUT2D eigenvalue weighted by Gasteiger charge is 2.07. The van der Waals surface area contributed by atoms with Gasteiger partial charge in [0.1, 0.15) is 0 Å². The Morgan fingerprint density at radius 2 is 1.92 bits per heavy atom. The molecule has 3 aromatic rings. The molecule has 130 valence electrons. The SMILES string of the molecule is C/C(=C/C(=N)c1cnc2ccccc2c1)C(=O)NCc1ccc(Cl)cc1. The summed E-state index contributed by atoms with van der Waals surface area (Å²) in [4.78, 5) is 16.6. The summed E-state index contributed by atoms with van der Waals surface area (Å²) in [7, 11) is 0. The fourth-order valence-corrected chi connectivity index (χ4v) is 2.63. The second kappa shape index (κ2) is 7.93. The molecule has 1 heterocycles. The van der Waals surface area contributed by atoms with Gasteiger partial charge in [-0.3, -0.25) is 9.78 Å². The first-order valence-corrected chi connectivity index (χ1v) is 8.55. The lowest BCUT2D eigenvalue weighted by Gasteiger charge is -2.07. The Kier molecular flexibility index (Phi) is 5.44. The van der Waals surface area contributed by atoms with Crippen LogP contribution in [0.25, 0.3) is 10.9 Å². The maximum atomic E-state index is 12.2. The zero-order valence-electron chi connectivity index (χ0n) is 14.3. The van der Waals surface area contributed by atoms with Gasteiger partial charge in [-0.25, -0.2) is 0 Å². The van der Waals surface area contributed by atoms with Crippen molar-refractivity contribution in [2.75, 3.05) is 0 Å². The van der Waals surface area contributed by atoms with Crippen LogP contribution >= 0.6 is 11.6 Å². The quantitative estimate of drug-likeness (QED) is 0.517. The van der Waals surface area contributed by atoms with Crippen molar-refractivity contribution in [2.24, 2.45) is 0 Å². The first-order chi connectivity index (χ1) is 12.5. The van der Waals surface area contributed by atoms with Crippen molar-refractivity contribution in [3.05, 3.63) is 88.6 Å². The van der Waals surface area contributed by atoms with Gasteiger partial charge < -0.3 is 10.7 Å². The van der Waals surface area contributed by atoms with Gasteiger partial charge in [0.25, 0.3) is 0 Å². The molecule has 5 heteroatoms. The van der Waals surface area contributed by atoms with Crippen LogP contribution in [0.3, 0.4) is 0 Å². The zero-order chi connectivity index (χ0) is 18.5. The van der Waals surface area contributed by atoms with Crippen LogP contribution in [0.4, 0.5) is 0 Å². The summed E-state index contributed by atoms with van der Waals surface area (Å²) in [5.41, 5.74) is 3.24. The van der Waals surface area contributed by atoms with Crippen molar-refractivity contribution in [3.63, 3.8) is 0 Å². The lowest BCUT2D eigenvalue weighted by Crippen LogP contribution is -2.24. The molecule has 0 atom stereocenters. The molecule has 0 saturated heterocycles. The maximum Gasteiger partial charge on any atom is 0.247 e. The van der Waals surface area contributed by atoms with E-state index < -0.39 is 0 Å². The predicted molar refractivity (Wildman–Crippen MR) is 106 cm³/mol. The van der Waals surface area contributed by atoms with Crippen LogP contribution in [-0.4, -0.2) is 16.6 Å². The van der Waals surface area contributed by atoms with Crippen LogP contribution in [0.1, 0.15) is 18.1 Å². The molecule has 0 bridgehead atoms. The van der Waals surface area contributed by atoms with E-state index in [4.69, 9.17) is 17.0 Å². The third kappa shape index (κ3) is 4.35. The second-order valence-electron chi connectivity index (χ2n) is 5.97. The van der Waals surface area contributed by atoms with E-state index in [1.54, 1.807) is 31.3 Å². The molecule has 26 heavy (non-hydrogen) atoms. The van der Waals surface area contributed by atoms with Crippen molar-refractivity contribution in [1.82, 2.24) is 10.3 Å². The molecule has 0 aliphatic carbocycles. The number of pyridine rings is 1. The van der Waals surface area contributed by atoms with E-state index in [0.717, 1.165) is 16.5 Å². The largest absolute Gasteiger partial charge is 0.348 e. The first-order valence-electron chi connectivity index (χ1n) is 8.17. The Morgan fingerprint density at radius 3 is 2.69 bits per heavy atom. The number of carbonyl (C=O) groups is 1. The number of hydrogen-bond donors (Lipinski definition) is 2. The number of allylic oxidation sites excluding steroid dienone is 1. The van der Waals surface area contributed by atoms with Crippen molar-refractivity contribution in [2.45, 2.75) is 13.5 Å². The smallest absolute Gasteiger partial charge is 0.247 e. The Morgan fingerprint density at radius 1 is 1.19 bits per heavy atom. The Balaban J connectivity index is 1.67. The highest BCUT2D eigenvalue weighted by atomic mass is 35.5. The molecule has 1 amide bonds. The Labute approximate surface area is 157 Å². The Bertz CT molecular complexity index is 994. The van der Waals surface area contributed by atoms with Crippen LogP contribution in [0.5, 0.6) is 0 Å². The molecule has 2 aromatic carbocycles. The van der Waals surface area contributed by atoms with Gasteiger partial charge in [0, 0.05) is 34.3 Å². The summed E-state index contributed by atoms with van der Waals surface area (Å²) in [6.07, 6.45) is 3.21. The number of fused-ring (bicyclic) bond motifs is 1. The number of aromatic nitrogens is 1. The number of nitrogens with one attached hydrogen (secondary N) is 2. The second-order valence-corrected chi connectivity index (χ2v) is 6.40. The summed E-state index contributed by atoms with van der Waals surface area (Å²) >= 11 is 5.85. The summed E-state index contributed by atoms with van der Waals surface area (Å²) in [6, 6.07) is 16.9. The van der Waals surface area contributed by atoms with E-state index in [1.165, 1.54) is 0 Å². The molecule has 0 aliphatic heterocycles. The number of carbonyl (C=O) groups excluding carboxylic acids is 1. The van der Waals surface area contributed by atoms with E-state index >= 15 is 0 Å². The van der Waals surface area contributed by atoms with Crippen LogP contribution in [0.15, 0.2) is 72.4 Å². The molecule has 0 radical (unpaired) electrons. The Hall–Kier alpha value is -2.98. The van der Waals surface area contributed by atoms with E-state index in [0.29, 0.717) is 22.7 Å². The van der Waals surface area contributed by atoms with Crippen LogP contribution < -0.4 is 5.32 Å². The number of halogens is 1. The topological polar surface area (TPSA) is 65.8 Å². The van der Waals surface area contributed by atoms with Crippen molar-refractivity contribution in [3.8, 4) is 0 Å². The summed E-state index contributed by atoms with van der Waals surface area (Å²) in [6.45, 7) is 2.10. The molecule has 0 unspecified atom stereocenters. The average molecular weight is 364 g/mol. The van der Waals surface area contributed by atoms with Crippen LogP contribution in [0, 0.1) is 5.41 Å². The minimum absolute atomic E-state index is 0.210. The molecule has 0 fully saturated rings. The molecule has 4 nitrogen and oxygen atoms in total. The van der Waals surface area contributed by atoms with Gasteiger partial charge in [0.05, 0.1) is 11.2 Å². The molecule has 0 aliphatic rings. The van der Waals surface area contributed by atoms with E-state index in [2.05, 4.69) is 10.3 Å². The van der Waals surface area contributed by atoms with Gasteiger partial charge in [-0.05, 0) is 42.8 Å². The number of benzene rings is 2. The highest BCUT2D eigenvalue weighted by Crippen LogP contribution is 2.14. The average Bonchev–Trinajstić information content (AvgIpc) is 2.66. The van der Waals surface area contributed by atoms with Gasteiger partial charge >= 0.3 is 0 Å². The van der Waals surface area contributed by atoms with E-state index in [1.807, 2.05) is 42.5 Å². The molecule has 2 N–H and O–H groups in total. The van der Waals surface area contributed by atoms with E-state index in [9.17, 15) is 4.79 Å². The molecule has 3 rings (SSSR count). The lowest BCUT2D eigenvalue weighted by atomic mass is 10.1. The highest BCUT2D eigenvalue weighted by molar-refractivity contribution is 6.30. The molecular formula is C21H18ClN3O. The number of hydrogen-bond acceptors (Lipinski definition) is 3. The van der Waals surface area contributed by atoms with Gasteiger partial charge in [-0.2, -0.15) is 0 Å². The van der Waals surface area contributed by atoms with E-state index in [-0.39, 0.29) is 11.6 Å². The zero-order valence-corrected chi connectivity index (χ0v) is 15.0. The fraction of sp³-hybridized carbons (Fsp3) is 0.0952. The van der Waals surface area contributed by atoms with Crippen LogP contribution in [-0.2, 0) is 11.3 Å². The number of nitrogens with zero attached hydrogens (tertiary/aromatic N) is 1. The predicted octanol–water partition coefficient (Wildman–Crippen LogP) is 4.52. The summed E-state index contributed by atoms with van der Waals surface area (Å²) in [5, 5.41) is 12.7. The van der Waals surface area contributed by atoms with Crippen LogP contribution in [0.2, 0.25) is 5.02 Å². The summed E-state index contributed by atoms with van der Waals surface area (Å²) < 4.78 is 0. The minimum Gasteiger partial charge on any atom is -0.348 e. The normalized spacial score (nSPS) is 11.4. The first kappa shape index (κ1) is 17.8. The van der Waals surface area contributed by atoms with Crippen molar-refractivity contribution < 1.29 is 4.79 Å². The molecule has 0 saturated carbocycles.